The minimum absolute atomic E-state index is 0.175. The van der Waals surface area contributed by atoms with E-state index >= 15 is 0 Å². The Kier molecular flexibility index (Phi) is 8.57. The van der Waals surface area contributed by atoms with Gasteiger partial charge in [-0.3, -0.25) is 4.79 Å². The third-order valence-electron chi connectivity index (χ3n) is 1.54. The summed E-state index contributed by atoms with van der Waals surface area (Å²) in [6, 6.07) is 0. The lowest BCUT2D eigenvalue weighted by atomic mass is 10.4. The molecule has 0 fully saturated rings. The van der Waals surface area contributed by atoms with Crippen molar-refractivity contribution in [1.82, 2.24) is 0 Å². The van der Waals surface area contributed by atoms with Crippen molar-refractivity contribution in [3.63, 3.8) is 0 Å². The van der Waals surface area contributed by atoms with E-state index in [0.29, 0.717) is 26.2 Å². The largest absolute Gasteiger partial charge is 0.460 e. The standard InChI is InChI=1S/C10H20O4/c1-4-6-13-8-9(2)14-10(11)5-7-12-3/h9H,4-8H2,1-3H3. The monoisotopic (exact) mass is 204 g/mol. The first-order valence-corrected chi connectivity index (χ1v) is 4.96. The molecule has 1 atom stereocenters. The van der Waals surface area contributed by atoms with Crippen molar-refractivity contribution < 1.29 is 19.0 Å². The molecule has 4 nitrogen and oxygen atoms in total. The number of hydrogen-bond acceptors (Lipinski definition) is 4. The first-order valence-electron chi connectivity index (χ1n) is 4.96. The molecule has 1 unspecified atom stereocenters. The van der Waals surface area contributed by atoms with Crippen LogP contribution in [-0.2, 0) is 19.0 Å². The van der Waals surface area contributed by atoms with E-state index in [0.717, 1.165) is 6.42 Å². The second-order valence-electron chi connectivity index (χ2n) is 3.12. The van der Waals surface area contributed by atoms with E-state index in [4.69, 9.17) is 14.2 Å². The SMILES string of the molecule is CCCOCC(C)OC(=O)CCOC. The maximum atomic E-state index is 11.1. The fourth-order valence-electron chi connectivity index (χ4n) is 0.896. The van der Waals surface area contributed by atoms with Crippen molar-refractivity contribution in [2.45, 2.75) is 32.8 Å². The molecule has 0 aromatic heterocycles. The van der Waals surface area contributed by atoms with Crippen LogP contribution in [0.5, 0.6) is 0 Å². The Morgan fingerprint density at radius 3 is 2.64 bits per heavy atom. The molecule has 84 valence electrons. The molecule has 0 saturated heterocycles. The summed E-state index contributed by atoms with van der Waals surface area (Å²) in [5.41, 5.74) is 0. The second-order valence-corrected chi connectivity index (χ2v) is 3.12. The van der Waals surface area contributed by atoms with E-state index in [1.165, 1.54) is 0 Å². The number of methoxy groups -OCH3 is 1. The molecule has 0 amide bonds. The van der Waals surface area contributed by atoms with Gasteiger partial charge in [-0.05, 0) is 13.3 Å². The number of carbonyl (C=O) groups excluding carboxylic acids is 1. The summed E-state index contributed by atoms with van der Waals surface area (Å²) < 4.78 is 15.1. The molecule has 0 heterocycles. The van der Waals surface area contributed by atoms with Crippen molar-refractivity contribution in [2.75, 3.05) is 26.9 Å². The molecule has 0 spiro atoms. The van der Waals surface area contributed by atoms with Gasteiger partial charge in [-0.25, -0.2) is 0 Å². The third kappa shape index (κ3) is 8.01. The highest BCUT2D eigenvalue weighted by Crippen LogP contribution is 1.96. The fourth-order valence-corrected chi connectivity index (χ4v) is 0.896. The molecule has 14 heavy (non-hydrogen) atoms. The van der Waals surface area contributed by atoms with E-state index in [1.54, 1.807) is 7.11 Å². The Morgan fingerprint density at radius 2 is 2.07 bits per heavy atom. The van der Waals surface area contributed by atoms with E-state index in [9.17, 15) is 4.79 Å². The quantitative estimate of drug-likeness (QED) is 0.442. The minimum atomic E-state index is -0.237. The molecule has 0 aromatic carbocycles. The van der Waals surface area contributed by atoms with Gasteiger partial charge in [0, 0.05) is 13.7 Å². The van der Waals surface area contributed by atoms with E-state index in [2.05, 4.69) is 0 Å². The number of ether oxygens (including phenoxy) is 3. The van der Waals surface area contributed by atoms with Gasteiger partial charge in [0.1, 0.15) is 6.10 Å². The van der Waals surface area contributed by atoms with Crippen LogP contribution in [-0.4, -0.2) is 39.0 Å². The van der Waals surface area contributed by atoms with E-state index in [1.807, 2.05) is 13.8 Å². The lowest BCUT2D eigenvalue weighted by Gasteiger charge is -2.12. The van der Waals surface area contributed by atoms with Gasteiger partial charge in [-0.2, -0.15) is 0 Å². The molecule has 0 rings (SSSR count). The summed E-state index contributed by atoms with van der Waals surface area (Å²) in [5.74, 6) is -0.237. The number of esters is 1. The zero-order valence-electron chi connectivity index (χ0n) is 9.25. The normalized spacial score (nSPS) is 12.5. The molecule has 0 bridgehead atoms. The van der Waals surface area contributed by atoms with Crippen LogP contribution >= 0.6 is 0 Å². The Morgan fingerprint density at radius 1 is 1.36 bits per heavy atom. The Hall–Kier alpha value is -0.610. The zero-order chi connectivity index (χ0) is 10.8. The summed E-state index contributed by atoms with van der Waals surface area (Å²) >= 11 is 0. The van der Waals surface area contributed by atoms with Crippen molar-refractivity contribution in [1.29, 1.82) is 0 Å². The molecule has 0 saturated carbocycles. The van der Waals surface area contributed by atoms with Crippen molar-refractivity contribution >= 4 is 5.97 Å². The summed E-state index contributed by atoms with van der Waals surface area (Å²) in [6.45, 7) is 5.43. The first kappa shape index (κ1) is 13.4. The second kappa shape index (κ2) is 8.97. The molecular weight excluding hydrogens is 184 g/mol. The smallest absolute Gasteiger partial charge is 0.308 e. The molecule has 0 radical (unpaired) electrons. The average molecular weight is 204 g/mol. The average Bonchev–Trinajstić information content (AvgIpc) is 2.15. The van der Waals surface area contributed by atoms with Gasteiger partial charge in [0.25, 0.3) is 0 Å². The number of carbonyl (C=O) groups is 1. The van der Waals surface area contributed by atoms with Gasteiger partial charge in [0.2, 0.25) is 0 Å². The predicted molar refractivity (Wildman–Crippen MR) is 53.2 cm³/mol. The summed E-state index contributed by atoms with van der Waals surface area (Å²) in [7, 11) is 1.56. The van der Waals surface area contributed by atoms with Crippen LogP contribution in [0.1, 0.15) is 26.7 Å². The van der Waals surface area contributed by atoms with Crippen LogP contribution < -0.4 is 0 Å². The van der Waals surface area contributed by atoms with Gasteiger partial charge in [-0.15, -0.1) is 0 Å². The molecule has 4 heteroatoms. The lowest BCUT2D eigenvalue weighted by molar-refractivity contribution is -0.152. The summed E-state index contributed by atoms with van der Waals surface area (Å²) in [4.78, 5) is 11.1. The minimum Gasteiger partial charge on any atom is -0.460 e. The number of rotatable bonds is 8. The molecular formula is C10H20O4. The van der Waals surface area contributed by atoms with Crippen LogP contribution in [0.4, 0.5) is 0 Å². The molecule has 0 aromatic rings. The Balaban J connectivity index is 3.40. The summed E-state index contributed by atoms with van der Waals surface area (Å²) in [6.07, 6.45) is 1.10. The van der Waals surface area contributed by atoms with Gasteiger partial charge in [0.05, 0.1) is 19.6 Å². The van der Waals surface area contributed by atoms with Crippen LogP contribution in [0.25, 0.3) is 0 Å². The van der Waals surface area contributed by atoms with Crippen LogP contribution in [0, 0.1) is 0 Å². The first-order chi connectivity index (χ1) is 6.70. The highest BCUT2D eigenvalue weighted by Gasteiger charge is 2.08. The molecule has 0 aliphatic heterocycles. The van der Waals surface area contributed by atoms with E-state index in [-0.39, 0.29) is 12.1 Å². The van der Waals surface area contributed by atoms with Crippen LogP contribution in [0.3, 0.4) is 0 Å². The zero-order valence-corrected chi connectivity index (χ0v) is 9.25. The Labute approximate surface area is 85.5 Å². The predicted octanol–water partition coefficient (Wildman–Crippen LogP) is 1.38. The van der Waals surface area contributed by atoms with Crippen molar-refractivity contribution in [3.05, 3.63) is 0 Å². The highest BCUT2D eigenvalue weighted by molar-refractivity contribution is 5.69. The highest BCUT2D eigenvalue weighted by atomic mass is 16.6. The molecule has 0 N–H and O–H groups in total. The van der Waals surface area contributed by atoms with Gasteiger partial charge >= 0.3 is 5.97 Å². The maximum absolute atomic E-state index is 11.1. The fraction of sp³-hybridized carbons (Fsp3) is 0.900. The Bertz CT molecular complexity index is 147. The maximum Gasteiger partial charge on any atom is 0.308 e. The molecule has 0 aliphatic rings. The topological polar surface area (TPSA) is 44.8 Å². The van der Waals surface area contributed by atoms with Crippen LogP contribution in [0.2, 0.25) is 0 Å². The van der Waals surface area contributed by atoms with Gasteiger partial charge in [-0.1, -0.05) is 6.92 Å². The van der Waals surface area contributed by atoms with Crippen molar-refractivity contribution in [2.24, 2.45) is 0 Å². The molecule has 0 aliphatic carbocycles. The summed E-state index contributed by atoms with van der Waals surface area (Å²) in [5, 5.41) is 0. The van der Waals surface area contributed by atoms with Crippen molar-refractivity contribution in [3.8, 4) is 0 Å². The van der Waals surface area contributed by atoms with Crippen LogP contribution in [0.15, 0.2) is 0 Å². The third-order valence-corrected chi connectivity index (χ3v) is 1.54. The van der Waals surface area contributed by atoms with Gasteiger partial charge in [0.15, 0.2) is 0 Å². The van der Waals surface area contributed by atoms with Gasteiger partial charge < -0.3 is 14.2 Å². The lowest BCUT2D eigenvalue weighted by Crippen LogP contribution is -2.21. The van der Waals surface area contributed by atoms with E-state index < -0.39 is 0 Å². The number of hydrogen-bond donors (Lipinski definition) is 0.